The number of nitrogens with zero attached hydrogens (tertiary/aromatic N) is 2. The molecule has 92 valence electrons. The maximum absolute atomic E-state index is 10.6. The lowest BCUT2D eigenvalue weighted by molar-refractivity contribution is 0.0478. The predicted molar refractivity (Wildman–Crippen MR) is 69.8 cm³/mol. The number of hydrogen-bond acceptors (Lipinski definition) is 3. The van der Waals surface area contributed by atoms with E-state index >= 15 is 0 Å². The average Bonchev–Trinajstić information content (AvgIpc) is 3.07. The van der Waals surface area contributed by atoms with Crippen molar-refractivity contribution in [2.45, 2.75) is 37.3 Å². The van der Waals surface area contributed by atoms with Crippen molar-refractivity contribution < 1.29 is 5.11 Å². The van der Waals surface area contributed by atoms with E-state index in [4.69, 9.17) is 0 Å². The smallest absolute Gasteiger partial charge is 0.0841 e. The van der Waals surface area contributed by atoms with E-state index in [9.17, 15) is 5.11 Å². The van der Waals surface area contributed by atoms with Gasteiger partial charge in [0.1, 0.15) is 0 Å². The van der Waals surface area contributed by atoms with Gasteiger partial charge in [0.15, 0.2) is 0 Å². The fourth-order valence-electron chi connectivity index (χ4n) is 2.63. The Hall–Kier alpha value is -0.450. The van der Waals surface area contributed by atoms with Gasteiger partial charge in [-0.25, -0.2) is 0 Å². The van der Waals surface area contributed by atoms with Crippen molar-refractivity contribution in [2.24, 2.45) is 0 Å². The van der Waals surface area contributed by atoms with E-state index in [0.29, 0.717) is 6.42 Å². The Kier molecular flexibility index (Phi) is 2.97. The molecule has 2 heterocycles. The molecule has 1 saturated heterocycles. The lowest BCUT2D eigenvalue weighted by atomic mass is 9.96. The summed E-state index contributed by atoms with van der Waals surface area (Å²) in [6, 6.07) is 4.73. The van der Waals surface area contributed by atoms with Crippen LogP contribution in [0.15, 0.2) is 22.8 Å². The fraction of sp³-hybridized carbons (Fsp3) is 0.615. The van der Waals surface area contributed by atoms with Gasteiger partial charge in [0, 0.05) is 41.9 Å². The first-order valence-electron chi connectivity index (χ1n) is 6.22. The molecule has 0 radical (unpaired) electrons. The summed E-state index contributed by atoms with van der Waals surface area (Å²) in [7, 11) is 0. The Morgan fingerprint density at radius 3 is 2.94 bits per heavy atom. The monoisotopic (exact) mass is 296 g/mol. The summed E-state index contributed by atoms with van der Waals surface area (Å²) in [6.45, 7) is 1.85. The van der Waals surface area contributed by atoms with Gasteiger partial charge in [0.2, 0.25) is 0 Å². The Bertz CT molecular complexity index is 404. The Balaban J connectivity index is 1.65. The average molecular weight is 297 g/mol. The predicted octanol–water partition coefficient (Wildman–Crippen LogP) is 1.99. The number of β-amino-alcohol motifs (C(OH)–C–C–N with tert-alkyl or cyclic N) is 1. The van der Waals surface area contributed by atoms with Crippen LogP contribution in [0.1, 0.15) is 25.0 Å². The van der Waals surface area contributed by atoms with Gasteiger partial charge in [-0.2, -0.15) is 0 Å². The zero-order valence-electron chi connectivity index (χ0n) is 9.77. The van der Waals surface area contributed by atoms with E-state index in [1.54, 1.807) is 6.20 Å². The van der Waals surface area contributed by atoms with Crippen molar-refractivity contribution in [1.82, 2.24) is 9.88 Å². The van der Waals surface area contributed by atoms with Gasteiger partial charge in [-0.3, -0.25) is 9.88 Å². The molecule has 1 atom stereocenters. The Morgan fingerprint density at radius 2 is 2.29 bits per heavy atom. The molecule has 3 nitrogen and oxygen atoms in total. The van der Waals surface area contributed by atoms with Crippen LogP contribution in [0.4, 0.5) is 0 Å². The van der Waals surface area contributed by atoms with Crippen LogP contribution < -0.4 is 0 Å². The molecule has 0 amide bonds. The van der Waals surface area contributed by atoms with E-state index in [2.05, 4.69) is 25.8 Å². The van der Waals surface area contributed by atoms with Crippen molar-refractivity contribution in [3.05, 3.63) is 28.5 Å². The Morgan fingerprint density at radius 1 is 1.47 bits per heavy atom. The number of hydrogen-bond donors (Lipinski definition) is 1. The van der Waals surface area contributed by atoms with Crippen LogP contribution in [-0.4, -0.2) is 39.7 Å². The summed E-state index contributed by atoms with van der Waals surface area (Å²) in [4.78, 5) is 6.78. The summed E-state index contributed by atoms with van der Waals surface area (Å²) in [6.07, 6.45) is 5.97. The third kappa shape index (κ3) is 2.69. The highest BCUT2D eigenvalue weighted by atomic mass is 79.9. The van der Waals surface area contributed by atoms with Gasteiger partial charge in [0.05, 0.1) is 5.60 Å². The van der Waals surface area contributed by atoms with Crippen molar-refractivity contribution in [2.75, 3.05) is 13.1 Å². The molecule has 1 aliphatic carbocycles. The largest absolute Gasteiger partial charge is 0.388 e. The molecule has 1 saturated carbocycles. The highest BCUT2D eigenvalue weighted by molar-refractivity contribution is 9.10. The highest BCUT2D eigenvalue weighted by Crippen LogP contribution is 2.34. The Labute approximate surface area is 110 Å². The van der Waals surface area contributed by atoms with Gasteiger partial charge in [-0.1, -0.05) is 0 Å². The number of aromatic nitrogens is 1. The molecule has 4 heteroatoms. The lowest BCUT2D eigenvalue weighted by Crippen LogP contribution is -2.36. The second kappa shape index (κ2) is 4.34. The summed E-state index contributed by atoms with van der Waals surface area (Å²) in [5.41, 5.74) is 0.414. The minimum Gasteiger partial charge on any atom is -0.388 e. The number of aliphatic hydroxyl groups is 1. The van der Waals surface area contributed by atoms with E-state index in [-0.39, 0.29) is 0 Å². The third-order valence-electron chi connectivity index (χ3n) is 3.72. The van der Waals surface area contributed by atoms with E-state index < -0.39 is 5.60 Å². The zero-order chi connectivity index (χ0) is 11.9. The lowest BCUT2D eigenvalue weighted by Gasteiger charge is -2.23. The van der Waals surface area contributed by atoms with Gasteiger partial charge in [0.25, 0.3) is 0 Å². The number of halogens is 1. The molecule has 1 aromatic rings. The molecule has 3 rings (SSSR count). The maximum Gasteiger partial charge on any atom is 0.0841 e. The molecule has 1 aromatic heterocycles. The summed E-state index contributed by atoms with van der Waals surface area (Å²) < 4.78 is 0.985. The van der Waals surface area contributed by atoms with Crippen LogP contribution in [0, 0.1) is 0 Å². The summed E-state index contributed by atoms with van der Waals surface area (Å²) >= 11 is 3.38. The number of likely N-dealkylation sites (tertiary alicyclic amines) is 1. The van der Waals surface area contributed by atoms with Gasteiger partial charge >= 0.3 is 0 Å². The second-order valence-electron chi connectivity index (χ2n) is 5.32. The molecule has 1 N–H and O–H groups in total. The molecule has 1 unspecified atom stereocenters. The maximum atomic E-state index is 10.6. The molecular formula is C13H17BrN2O. The zero-order valence-corrected chi connectivity index (χ0v) is 11.4. The molecule has 2 aliphatic rings. The molecular weight excluding hydrogens is 280 g/mol. The van der Waals surface area contributed by atoms with E-state index in [1.807, 2.05) is 12.1 Å². The topological polar surface area (TPSA) is 36.4 Å². The van der Waals surface area contributed by atoms with Crippen LogP contribution in [0.3, 0.4) is 0 Å². The molecule has 0 spiro atoms. The highest BCUT2D eigenvalue weighted by Gasteiger charge is 2.42. The van der Waals surface area contributed by atoms with Crippen molar-refractivity contribution in [3.8, 4) is 0 Å². The van der Waals surface area contributed by atoms with Crippen LogP contribution in [0.5, 0.6) is 0 Å². The molecule has 0 aromatic carbocycles. The van der Waals surface area contributed by atoms with Crippen molar-refractivity contribution >= 4 is 15.9 Å². The van der Waals surface area contributed by atoms with Gasteiger partial charge in [-0.15, -0.1) is 0 Å². The van der Waals surface area contributed by atoms with Gasteiger partial charge in [-0.05, 0) is 47.3 Å². The third-order valence-corrected chi connectivity index (χ3v) is 4.19. The number of rotatable bonds is 3. The van der Waals surface area contributed by atoms with Crippen molar-refractivity contribution in [3.63, 3.8) is 0 Å². The quantitative estimate of drug-likeness (QED) is 0.927. The molecule has 1 aliphatic heterocycles. The minimum atomic E-state index is -0.566. The molecule has 17 heavy (non-hydrogen) atoms. The second-order valence-corrected chi connectivity index (χ2v) is 6.24. The fourth-order valence-corrected chi connectivity index (χ4v) is 2.87. The first-order valence-corrected chi connectivity index (χ1v) is 7.01. The van der Waals surface area contributed by atoms with Crippen LogP contribution in [0.25, 0.3) is 0 Å². The summed E-state index contributed by atoms with van der Waals surface area (Å²) in [5, 5.41) is 10.6. The van der Waals surface area contributed by atoms with Crippen LogP contribution >= 0.6 is 15.9 Å². The van der Waals surface area contributed by atoms with E-state index in [1.165, 1.54) is 12.8 Å². The normalized spacial score (nSPS) is 29.8. The standard InChI is InChI=1S/C13H17BrN2O/c14-10-1-2-11(15-8-10)7-13(17)5-6-16(9-13)12-3-4-12/h1-2,8,12,17H,3-7,9H2. The van der Waals surface area contributed by atoms with E-state index in [0.717, 1.165) is 35.7 Å². The molecule has 2 fully saturated rings. The van der Waals surface area contributed by atoms with Crippen molar-refractivity contribution in [1.29, 1.82) is 0 Å². The van der Waals surface area contributed by atoms with Gasteiger partial charge < -0.3 is 5.11 Å². The summed E-state index contributed by atoms with van der Waals surface area (Å²) in [5.74, 6) is 0. The first-order chi connectivity index (χ1) is 8.15. The SMILES string of the molecule is OC1(Cc2ccc(Br)cn2)CCN(C2CC2)C1. The minimum absolute atomic E-state index is 0.566. The molecule has 0 bridgehead atoms. The van der Waals surface area contributed by atoms with Crippen LogP contribution in [-0.2, 0) is 6.42 Å². The van der Waals surface area contributed by atoms with Crippen LogP contribution in [0.2, 0.25) is 0 Å². The first kappa shape index (κ1) is 11.6. The number of pyridine rings is 1.